The van der Waals surface area contributed by atoms with Crippen LogP contribution in [-0.2, 0) is 33.0 Å². The molecule has 5 aromatic rings. The van der Waals surface area contributed by atoms with Crippen molar-refractivity contribution in [3.8, 4) is 11.1 Å². The van der Waals surface area contributed by atoms with Gasteiger partial charge in [0.25, 0.3) is 5.92 Å². The van der Waals surface area contributed by atoms with Gasteiger partial charge in [-0.15, -0.1) is 0 Å². The van der Waals surface area contributed by atoms with Crippen LogP contribution >= 0.6 is 11.3 Å². The van der Waals surface area contributed by atoms with Crippen LogP contribution in [-0.4, -0.2) is 107 Å². The maximum Gasteiger partial charge on any atom is 0.431 e. The molecule has 4 fully saturated rings. The number of piperidine rings is 1. The van der Waals surface area contributed by atoms with Crippen LogP contribution in [0.25, 0.3) is 32.4 Å². The number of aryl methyl sites for hydroxylation is 1. The van der Waals surface area contributed by atoms with Crippen LogP contribution in [0.3, 0.4) is 0 Å². The van der Waals surface area contributed by atoms with Crippen LogP contribution in [0.5, 0.6) is 0 Å². The number of carbonyl (C=O) groups is 2. The molecule has 0 unspecified atom stereocenters. The molecule has 9 rings (SSSR count). The van der Waals surface area contributed by atoms with Gasteiger partial charge in [0.1, 0.15) is 35.2 Å². The molecular weight excluding hydrogens is 958 g/mol. The first-order valence-corrected chi connectivity index (χ1v) is 24.6. The quantitative estimate of drug-likeness (QED) is 0.117. The van der Waals surface area contributed by atoms with Gasteiger partial charge in [0, 0.05) is 72.7 Å². The average Bonchev–Trinajstić information content (AvgIpc) is 3.75. The average molecular weight is 1010 g/mol. The van der Waals surface area contributed by atoms with Crippen LogP contribution < -0.4 is 20.7 Å². The Bertz CT molecular complexity index is 3070. The van der Waals surface area contributed by atoms with Crippen LogP contribution in [0.4, 0.5) is 46.5 Å². The van der Waals surface area contributed by atoms with Crippen molar-refractivity contribution < 1.29 is 53.5 Å². The summed E-state index contributed by atoms with van der Waals surface area (Å²) in [5.74, 6) is -9.33. The first-order valence-electron chi connectivity index (χ1n) is 21.9. The maximum atomic E-state index is 15.4. The fraction of sp³-hybridized carbons (Fsp3) is 0.467. The van der Waals surface area contributed by atoms with Gasteiger partial charge in [0.2, 0.25) is 15.9 Å². The van der Waals surface area contributed by atoms with Crippen molar-refractivity contribution in [1.29, 1.82) is 0 Å². The summed E-state index contributed by atoms with van der Waals surface area (Å²) in [6.07, 6.45) is -3.62. The number of para-hydroxylation sites is 1. The Morgan fingerprint density at radius 2 is 1.71 bits per heavy atom. The zero-order valence-electron chi connectivity index (χ0n) is 37.8. The number of fused-ring (bicyclic) bond motifs is 3. The molecule has 2 aromatic carbocycles. The number of carbonyl (C=O) groups excluding carboxylic acids is 2. The number of thiazole rings is 1. The third kappa shape index (κ3) is 9.52. The summed E-state index contributed by atoms with van der Waals surface area (Å²) in [6, 6.07) is 8.13. The lowest BCUT2D eigenvalue weighted by molar-refractivity contribution is -0.120. The molecule has 4 aliphatic rings. The van der Waals surface area contributed by atoms with E-state index in [1.807, 2.05) is 20.8 Å². The van der Waals surface area contributed by atoms with Crippen molar-refractivity contribution in [2.75, 3.05) is 48.6 Å². The highest BCUT2D eigenvalue weighted by atomic mass is 32.2. The summed E-state index contributed by atoms with van der Waals surface area (Å²) in [5, 5.41) is 8.11. The van der Waals surface area contributed by atoms with E-state index in [2.05, 4.69) is 25.0 Å². The minimum Gasteiger partial charge on any atom is -0.444 e. The molecule has 2 saturated carbocycles. The molecule has 368 valence electrons. The minimum atomic E-state index is -5.13. The summed E-state index contributed by atoms with van der Waals surface area (Å²) in [5.41, 5.74) is 2.40. The fourth-order valence-corrected chi connectivity index (χ4v) is 11.1. The van der Waals surface area contributed by atoms with Gasteiger partial charge in [-0.2, -0.15) is 32.0 Å². The second kappa shape index (κ2) is 16.8. The van der Waals surface area contributed by atoms with Crippen molar-refractivity contribution in [1.82, 2.24) is 30.0 Å². The standard InChI is InChI=1S/C45H47F7N10O5S2/c1-42(2,3)67-41(64)61-11-9-43(10-12-61)20-62(21-43)40-57-39-31(68-40)18-27(25-7-6-8-26-35(25)60(4)58-38(26)59-69(5,65)66)34(56-39)30(15-22-13-23(46)16-24(47)14-22)55-32(63)19-54-37-33(36(53)45(50,51)52)28-17-29(28)44(37,48)49/h6-8,13-14,16,18,28-30H,9-12,15,17,19-21,53H2,1-5H3,(H,55,63)(H,58,59)/t28-,29+,30-/m0/s1. The van der Waals surface area contributed by atoms with E-state index in [1.165, 1.54) is 16.0 Å². The number of sulfonamides is 1. The summed E-state index contributed by atoms with van der Waals surface area (Å²) in [6.45, 7) is 6.68. The van der Waals surface area contributed by atoms with E-state index >= 15 is 8.78 Å². The molecule has 3 aromatic heterocycles. The number of alkyl halides is 5. The van der Waals surface area contributed by atoms with E-state index in [0.29, 0.717) is 64.1 Å². The lowest BCUT2D eigenvalue weighted by atomic mass is 9.72. The molecular formula is C45H47F7N10O5S2. The van der Waals surface area contributed by atoms with Crippen molar-refractivity contribution in [3.05, 3.63) is 76.6 Å². The lowest BCUT2D eigenvalue weighted by Gasteiger charge is -2.53. The van der Waals surface area contributed by atoms with Crippen LogP contribution in [0.2, 0.25) is 0 Å². The van der Waals surface area contributed by atoms with E-state index in [4.69, 9.17) is 20.4 Å². The van der Waals surface area contributed by atoms with Crippen LogP contribution in [0.1, 0.15) is 57.3 Å². The number of benzene rings is 2. The van der Waals surface area contributed by atoms with Crippen molar-refractivity contribution in [2.24, 2.45) is 35.0 Å². The molecule has 69 heavy (non-hydrogen) atoms. The Labute approximate surface area is 395 Å². The Morgan fingerprint density at radius 3 is 2.35 bits per heavy atom. The fourth-order valence-electron chi connectivity index (χ4n) is 9.68. The number of aromatic nitrogens is 4. The summed E-state index contributed by atoms with van der Waals surface area (Å²) in [4.78, 5) is 44.1. The number of hydrogen-bond acceptors (Lipinski definition) is 12. The smallest absolute Gasteiger partial charge is 0.431 e. The van der Waals surface area contributed by atoms with Gasteiger partial charge in [0.15, 0.2) is 16.6 Å². The number of nitrogens with one attached hydrogen (secondary N) is 2. The zero-order chi connectivity index (χ0) is 49.7. The molecule has 2 saturated heterocycles. The van der Waals surface area contributed by atoms with E-state index < -0.39 is 86.7 Å². The lowest BCUT2D eigenvalue weighted by Crippen LogP contribution is -2.61. The van der Waals surface area contributed by atoms with Gasteiger partial charge in [-0.25, -0.2) is 27.0 Å². The van der Waals surface area contributed by atoms with Crippen molar-refractivity contribution in [2.45, 2.75) is 70.2 Å². The van der Waals surface area contributed by atoms with E-state index in [0.717, 1.165) is 31.2 Å². The number of nitrogens with two attached hydrogens (primary N) is 1. The van der Waals surface area contributed by atoms with Gasteiger partial charge in [-0.05, 0) is 82.2 Å². The number of hydrogen-bond donors (Lipinski definition) is 3. The second-order valence-corrected chi connectivity index (χ2v) is 22.0. The summed E-state index contributed by atoms with van der Waals surface area (Å²) >= 11 is 1.33. The van der Waals surface area contributed by atoms with Gasteiger partial charge >= 0.3 is 12.3 Å². The van der Waals surface area contributed by atoms with E-state index in [1.54, 1.807) is 36.2 Å². The Morgan fingerprint density at radius 1 is 1.03 bits per heavy atom. The molecule has 5 heterocycles. The molecule has 0 bridgehead atoms. The molecule has 24 heteroatoms. The van der Waals surface area contributed by atoms with Gasteiger partial charge in [-0.1, -0.05) is 23.5 Å². The molecule has 2 aliphatic heterocycles. The Hall–Kier alpha value is -6.04. The molecule has 2 amide bonds. The predicted molar refractivity (Wildman–Crippen MR) is 244 cm³/mol. The Balaban J connectivity index is 1.11. The van der Waals surface area contributed by atoms with Crippen LogP contribution in [0.15, 0.2) is 58.7 Å². The van der Waals surface area contributed by atoms with E-state index in [9.17, 15) is 40.0 Å². The number of halogens is 7. The molecule has 1 spiro atoms. The predicted octanol–water partition coefficient (Wildman–Crippen LogP) is 7.63. The number of rotatable bonds is 10. The second-order valence-electron chi connectivity index (χ2n) is 19.3. The molecule has 15 nitrogen and oxygen atoms in total. The summed E-state index contributed by atoms with van der Waals surface area (Å²) in [7, 11) is -2.22. The highest BCUT2D eigenvalue weighted by Crippen LogP contribution is 2.62. The third-order valence-corrected chi connectivity index (χ3v) is 14.5. The number of nitrogens with zero attached hydrogens (tertiary/aromatic N) is 7. The number of anilines is 2. The van der Waals surface area contributed by atoms with Crippen molar-refractivity contribution in [3.63, 3.8) is 0 Å². The SMILES string of the molecule is Cn1nc(NS(C)(=O)=O)c2cccc(-c3cc4sc(N5CC6(CCN(C(=O)OC(C)(C)C)CC6)C5)nc4nc3[C@H](Cc3cc(F)cc(F)c3)NC(=O)CN=C3C(=C(N)C(F)(F)F)[C@H]4C[C@H]4C3(F)F)c21. The number of pyridine rings is 1. The monoisotopic (exact) mass is 1000 g/mol. The number of aliphatic imine (C=N–C) groups is 1. The first-order chi connectivity index (χ1) is 32.2. The van der Waals surface area contributed by atoms with Crippen molar-refractivity contribution >= 4 is 71.3 Å². The Kier molecular flexibility index (Phi) is 11.7. The third-order valence-electron chi connectivity index (χ3n) is 12.8. The topological polar surface area (TPSA) is 190 Å². The highest BCUT2D eigenvalue weighted by Gasteiger charge is 2.68. The number of allylic oxidation sites excluding steroid dienone is 2. The molecule has 2 aliphatic carbocycles. The van der Waals surface area contributed by atoms with E-state index in [-0.39, 0.29) is 47.1 Å². The molecule has 4 N–H and O–H groups in total. The number of likely N-dealkylation sites (tertiary alicyclic amines) is 1. The van der Waals surface area contributed by atoms with Crippen LogP contribution in [0, 0.1) is 28.9 Å². The van der Waals surface area contributed by atoms with Gasteiger partial charge in [-0.3, -0.25) is 19.2 Å². The largest absolute Gasteiger partial charge is 0.444 e. The summed E-state index contributed by atoms with van der Waals surface area (Å²) < 4.78 is 136. The first kappa shape index (κ1) is 48.0. The normalized spacial score (nSPS) is 21.7. The minimum absolute atomic E-state index is 0.0104. The highest BCUT2D eigenvalue weighted by molar-refractivity contribution is 7.92. The van der Waals surface area contributed by atoms with Gasteiger partial charge < -0.3 is 25.6 Å². The molecule has 3 atom stereocenters. The maximum absolute atomic E-state index is 15.4. The number of ether oxygens (including phenoxy) is 1. The molecule has 0 radical (unpaired) electrons. The van der Waals surface area contributed by atoms with Gasteiger partial charge in [0.05, 0.1) is 28.2 Å². The zero-order valence-corrected chi connectivity index (χ0v) is 39.5. The number of amides is 2.